The van der Waals surface area contributed by atoms with Gasteiger partial charge in [-0.3, -0.25) is 9.59 Å². The Kier molecular flexibility index (Phi) is 9.93. The van der Waals surface area contributed by atoms with Crippen LogP contribution in [0.2, 0.25) is 0 Å². The lowest BCUT2D eigenvalue weighted by molar-refractivity contribution is -0.120. The fourth-order valence-corrected chi connectivity index (χ4v) is 3.56. The third kappa shape index (κ3) is 7.90. The number of unbranched alkanes of at least 4 members (excludes halogenated alkanes) is 2. The fourth-order valence-electron chi connectivity index (χ4n) is 2.81. The molecule has 9 heteroatoms. The third-order valence-electron chi connectivity index (χ3n) is 4.46. The van der Waals surface area contributed by atoms with E-state index in [0.29, 0.717) is 16.6 Å². The first-order valence-corrected chi connectivity index (χ1v) is 11.2. The van der Waals surface area contributed by atoms with Crippen molar-refractivity contribution in [2.75, 3.05) is 23.3 Å². The number of hydrogen-bond acceptors (Lipinski definition) is 7. The van der Waals surface area contributed by atoms with Gasteiger partial charge in [0.25, 0.3) is 0 Å². The van der Waals surface area contributed by atoms with Crippen molar-refractivity contribution in [2.24, 2.45) is 5.10 Å². The molecule has 0 spiro atoms. The van der Waals surface area contributed by atoms with Gasteiger partial charge in [-0.25, -0.2) is 5.43 Å². The summed E-state index contributed by atoms with van der Waals surface area (Å²) in [6.45, 7) is 8.24. The minimum absolute atomic E-state index is 0.0572. The normalized spacial score (nSPS) is 10.9. The molecule has 0 fully saturated rings. The SMILES string of the molecule is CCCCCC(=O)Nc1nnc(CC(=O)N/N=C\c2ccc(N(CC)CC)cc2)s1. The molecule has 2 amide bonds. The molecule has 2 rings (SSSR count). The van der Waals surface area contributed by atoms with Crippen molar-refractivity contribution >= 4 is 40.2 Å². The van der Waals surface area contributed by atoms with Crippen LogP contribution in [0.25, 0.3) is 0 Å². The quantitative estimate of drug-likeness (QED) is 0.304. The Bertz CT molecular complexity index is 830. The van der Waals surface area contributed by atoms with Crippen LogP contribution in [0.1, 0.15) is 57.0 Å². The number of nitrogens with zero attached hydrogens (tertiary/aromatic N) is 4. The molecule has 0 atom stereocenters. The van der Waals surface area contributed by atoms with Gasteiger partial charge in [0.1, 0.15) is 5.01 Å². The summed E-state index contributed by atoms with van der Waals surface area (Å²) in [5.41, 5.74) is 4.55. The van der Waals surface area contributed by atoms with E-state index < -0.39 is 0 Å². The highest BCUT2D eigenvalue weighted by Crippen LogP contribution is 2.16. The first-order chi connectivity index (χ1) is 14.5. The molecule has 0 unspecified atom stereocenters. The molecule has 2 aromatic rings. The molecule has 1 aromatic heterocycles. The van der Waals surface area contributed by atoms with Crippen molar-refractivity contribution in [3.05, 3.63) is 34.8 Å². The highest BCUT2D eigenvalue weighted by atomic mass is 32.1. The van der Waals surface area contributed by atoms with E-state index in [1.54, 1.807) is 6.21 Å². The maximum absolute atomic E-state index is 12.0. The lowest BCUT2D eigenvalue weighted by Gasteiger charge is -2.20. The second-order valence-electron chi connectivity index (χ2n) is 6.74. The van der Waals surface area contributed by atoms with Gasteiger partial charge >= 0.3 is 0 Å². The minimum Gasteiger partial charge on any atom is -0.372 e. The molecule has 0 radical (unpaired) electrons. The summed E-state index contributed by atoms with van der Waals surface area (Å²) in [4.78, 5) is 26.1. The van der Waals surface area contributed by atoms with Crippen molar-refractivity contribution < 1.29 is 9.59 Å². The van der Waals surface area contributed by atoms with Crippen LogP contribution in [0.5, 0.6) is 0 Å². The van der Waals surface area contributed by atoms with Gasteiger partial charge < -0.3 is 10.2 Å². The van der Waals surface area contributed by atoms with Gasteiger partial charge in [0, 0.05) is 25.2 Å². The van der Waals surface area contributed by atoms with Crippen LogP contribution in [-0.4, -0.2) is 41.3 Å². The average Bonchev–Trinajstić information content (AvgIpc) is 3.16. The largest absolute Gasteiger partial charge is 0.372 e. The number of anilines is 2. The molecule has 0 aliphatic carbocycles. The van der Waals surface area contributed by atoms with Gasteiger partial charge in [-0.05, 0) is 38.0 Å². The number of hydrazone groups is 1. The van der Waals surface area contributed by atoms with E-state index in [0.717, 1.165) is 43.6 Å². The summed E-state index contributed by atoms with van der Waals surface area (Å²) in [6.07, 6.45) is 5.07. The van der Waals surface area contributed by atoms with Gasteiger partial charge in [0.15, 0.2) is 0 Å². The molecule has 2 N–H and O–H groups in total. The number of rotatable bonds is 12. The molecule has 0 saturated heterocycles. The van der Waals surface area contributed by atoms with E-state index in [9.17, 15) is 9.59 Å². The van der Waals surface area contributed by atoms with E-state index in [-0.39, 0.29) is 18.2 Å². The van der Waals surface area contributed by atoms with Gasteiger partial charge in [-0.1, -0.05) is 43.2 Å². The highest BCUT2D eigenvalue weighted by Gasteiger charge is 2.11. The molecule has 8 nitrogen and oxygen atoms in total. The monoisotopic (exact) mass is 430 g/mol. The van der Waals surface area contributed by atoms with E-state index >= 15 is 0 Å². The Morgan fingerprint density at radius 1 is 1.07 bits per heavy atom. The molecule has 0 bridgehead atoms. The molecule has 30 heavy (non-hydrogen) atoms. The Balaban J connectivity index is 1.78. The summed E-state index contributed by atoms with van der Waals surface area (Å²) >= 11 is 1.20. The molecule has 162 valence electrons. The number of amides is 2. The summed E-state index contributed by atoms with van der Waals surface area (Å²) in [7, 11) is 0. The third-order valence-corrected chi connectivity index (χ3v) is 5.30. The van der Waals surface area contributed by atoms with Gasteiger partial charge in [-0.15, -0.1) is 10.2 Å². The van der Waals surface area contributed by atoms with Crippen LogP contribution < -0.4 is 15.6 Å². The zero-order valence-electron chi connectivity index (χ0n) is 17.9. The van der Waals surface area contributed by atoms with Crippen molar-refractivity contribution in [3.8, 4) is 0 Å². The number of hydrogen-bond donors (Lipinski definition) is 2. The Morgan fingerprint density at radius 3 is 2.47 bits per heavy atom. The predicted octanol–water partition coefficient (Wildman–Crippen LogP) is 3.60. The Morgan fingerprint density at radius 2 is 1.80 bits per heavy atom. The van der Waals surface area contributed by atoms with Crippen LogP contribution >= 0.6 is 11.3 Å². The number of carbonyl (C=O) groups is 2. The second-order valence-corrected chi connectivity index (χ2v) is 7.80. The fraction of sp³-hybridized carbons (Fsp3) is 0.476. The lowest BCUT2D eigenvalue weighted by atomic mass is 10.2. The molecule has 0 saturated carbocycles. The van der Waals surface area contributed by atoms with E-state index in [4.69, 9.17) is 0 Å². The standard InChI is InChI=1S/C21H30N6O2S/c1-4-7-8-9-18(28)23-21-26-25-20(30-21)14-19(29)24-22-15-16-10-12-17(13-11-16)27(5-2)6-3/h10-13,15H,4-9,14H2,1-3H3,(H,24,29)(H,23,26,28)/b22-15-. The second kappa shape index (κ2) is 12.7. The first-order valence-electron chi connectivity index (χ1n) is 10.3. The van der Waals surface area contributed by atoms with Gasteiger partial charge in [-0.2, -0.15) is 5.10 Å². The molecule has 0 aliphatic heterocycles. The van der Waals surface area contributed by atoms with Crippen molar-refractivity contribution in [1.29, 1.82) is 0 Å². The average molecular weight is 431 g/mol. The van der Waals surface area contributed by atoms with Crippen LogP contribution in [0.4, 0.5) is 10.8 Å². The molecule has 1 heterocycles. The summed E-state index contributed by atoms with van der Waals surface area (Å²) in [6, 6.07) is 8.00. The van der Waals surface area contributed by atoms with Crippen LogP contribution in [0.15, 0.2) is 29.4 Å². The van der Waals surface area contributed by atoms with Crippen LogP contribution in [-0.2, 0) is 16.0 Å². The number of benzene rings is 1. The highest BCUT2D eigenvalue weighted by molar-refractivity contribution is 7.15. The van der Waals surface area contributed by atoms with Crippen molar-refractivity contribution in [1.82, 2.24) is 15.6 Å². The van der Waals surface area contributed by atoms with Crippen LogP contribution in [0, 0.1) is 0 Å². The smallest absolute Gasteiger partial charge is 0.247 e. The molecule has 0 aliphatic rings. The number of nitrogens with one attached hydrogen (secondary N) is 2. The topological polar surface area (TPSA) is 99.6 Å². The van der Waals surface area contributed by atoms with E-state index in [2.05, 4.69) is 51.7 Å². The first kappa shape index (κ1) is 23.5. The van der Waals surface area contributed by atoms with Gasteiger partial charge in [0.05, 0.1) is 12.6 Å². The predicted molar refractivity (Wildman–Crippen MR) is 122 cm³/mol. The lowest BCUT2D eigenvalue weighted by Crippen LogP contribution is -2.21. The Hall–Kier alpha value is -2.81. The zero-order chi connectivity index (χ0) is 21.8. The summed E-state index contributed by atoms with van der Waals surface area (Å²) in [5.74, 6) is -0.366. The Labute approximate surface area is 181 Å². The number of carbonyl (C=O) groups excluding carboxylic acids is 2. The summed E-state index contributed by atoms with van der Waals surface area (Å²) in [5, 5.41) is 15.5. The minimum atomic E-state index is -0.289. The molecular formula is C21H30N6O2S. The molecular weight excluding hydrogens is 400 g/mol. The van der Waals surface area contributed by atoms with Crippen molar-refractivity contribution in [2.45, 2.75) is 52.9 Å². The van der Waals surface area contributed by atoms with Crippen molar-refractivity contribution in [3.63, 3.8) is 0 Å². The molecule has 1 aromatic carbocycles. The van der Waals surface area contributed by atoms with E-state index in [1.165, 1.54) is 11.3 Å². The zero-order valence-corrected chi connectivity index (χ0v) is 18.7. The van der Waals surface area contributed by atoms with E-state index in [1.807, 2.05) is 24.3 Å². The van der Waals surface area contributed by atoms with Gasteiger partial charge in [0.2, 0.25) is 16.9 Å². The van der Waals surface area contributed by atoms with Crippen LogP contribution in [0.3, 0.4) is 0 Å². The maximum atomic E-state index is 12.0. The summed E-state index contributed by atoms with van der Waals surface area (Å²) < 4.78 is 0. The number of aromatic nitrogens is 2. The maximum Gasteiger partial charge on any atom is 0.247 e.